The number of benzene rings is 3. The molecular weight excluding hydrogens is 388 g/mol. The number of para-hydroxylation sites is 3. The second-order valence-corrected chi connectivity index (χ2v) is 7.15. The van der Waals surface area contributed by atoms with Crippen molar-refractivity contribution in [3.63, 3.8) is 0 Å². The predicted molar refractivity (Wildman–Crippen MR) is 108 cm³/mol. The number of rotatable bonds is 2. The topological polar surface area (TPSA) is 35.6 Å². The van der Waals surface area contributed by atoms with Gasteiger partial charge in [0.15, 0.2) is 5.82 Å². The van der Waals surface area contributed by atoms with Crippen LogP contribution in [-0.4, -0.2) is 19.3 Å². The van der Waals surface area contributed by atoms with Gasteiger partial charge in [-0.15, -0.1) is 0 Å². The summed E-state index contributed by atoms with van der Waals surface area (Å²) in [6.07, 6.45) is 0. The van der Waals surface area contributed by atoms with Crippen LogP contribution in [0.15, 0.2) is 77.3 Å². The van der Waals surface area contributed by atoms with E-state index in [9.17, 15) is 0 Å². The number of aryl methyl sites for hydroxylation is 1. The summed E-state index contributed by atoms with van der Waals surface area (Å²) in [7, 11) is 2.04. The summed E-state index contributed by atoms with van der Waals surface area (Å²) in [4.78, 5) is 4.83. The van der Waals surface area contributed by atoms with Gasteiger partial charge >= 0.3 is 0 Å². The van der Waals surface area contributed by atoms with Gasteiger partial charge in [-0.3, -0.25) is 0 Å². The number of fused-ring (bicyclic) bond motifs is 2. The normalized spacial score (nSPS) is 11.5. The highest BCUT2D eigenvalue weighted by molar-refractivity contribution is 9.10. The number of hydrogen-bond acceptors (Lipinski definition) is 2. The minimum Gasteiger partial charge on any atom is -0.326 e. The molecule has 5 rings (SSSR count). The molecule has 2 aromatic heterocycles. The summed E-state index contributed by atoms with van der Waals surface area (Å²) in [5, 5.41) is 6.03. The quantitative estimate of drug-likeness (QED) is 0.399. The molecule has 0 aliphatic heterocycles. The second-order valence-electron chi connectivity index (χ2n) is 6.24. The molecule has 0 spiro atoms. The summed E-state index contributed by atoms with van der Waals surface area (Å²) in [5.41, 5.74) is 5.06. The standard InChI is InChI=1S/C21H15BrN4/c1-25-19-9-5-3-7-17(19)23-21(25)20-16-6-2-4-8-18(16)26(24-20)15-12-10-14(22)11-13-15/h2-13H,1H3. The van der Waals surface area contributed by atoms with Gasteiger partial charge in [0.05, 0.1) is 22.2 Å². The highest BCUT2D eigenvalue weighted by Gasteiger charge is 2.18. The van der Waals surface area contributed by atoms with E-state index in [0.717, 1.165) is 43.6 Å². The lowest BCUT2D eigenvalue weighted by molar-refractivity contribution is 0.890. The SMILES string of the molecule is Cn1c(-c2nn(-c3ccc(Br)cc3)c3ccccc23)nc2ccccc21. The highest BCUT2D eigenvalue weighted by Crippen LogP contribution is 2.31. The zero-order valence-corrected chi connectivity index (χ0v) is 15.7. The average molecular weight is 403 g/mol. The van der Waals surface area contributed by atoms with E-state index in [4.69, 9.17) is 10.1 Å². The first-order valence-electron chi connectivity index (χ1n) is 8.38. The highest BCUT2D eigenvalue weighted by atomic mass is 79.9. The number of aromatic nitrogens is 4. The number of halogens is 1. The summed E-state index contributed by atoms with van der Waals surface area (Å²) < 4.78 is 5.14. The molecule has 5 heteroatoms. The van der Waals surface area contributed by atoms with E-state index in [-0.39, 0.29) is 0 Å². The first-order chi connectivity index (χ1) is 12.7. The largest absolute Gasteiger partial charge is 0.326 e. The van der Waals surface area contributed by atoms with Crippen molar-refractivity contribution in [2.45, 2.75) is 0 Å². The molecule has 0 saturated carbocycles. The van der Waals surface area contributed by atoms with E-state index in [0.29, 0.717) is 0 Å². The third-order valence-corrected chi connectivity index (χ3v) is 5.19. The van der Waals surface area contributed by atoms with E-state index < -0.39 is 0 Å². The maximum atomic E-state index is 4.93. The van der Waals surface area contributed by atoms with E-state index in [1.54, 1.807) is 0 Å². The molecular formula is C21H15BrN4. The molecule has 0 unspecified atom stereocenters. The molecule has 126 valence electrons. The molecule has 0 fully saturated rings. The Morgan fingerprint density at radius 2 is 1.50 bits per heavy atom. The van der Waals surface area contributed by atoms with Crippen LogP contribution in [-0.2, 0) is 7.05 Å². The van der Waals surface area contributed by atoms with Crippen LogP contribution >= 0.6 is 15.9 Å². The summed E-state index contributed by atoms with van der Waals surface area (Å²) in [6.45, 7) is 0. The van der Waals surface area contributed by atoms with Crippen LogP contribution in [0.3, 0.4) is 0 Å². The molecule has 5 aromatic rings. The first-order valence-corrected chi connectivity index (χ1v) is 9.17. The number of hydrogen-bond donors (Lipinski definition) is 0. The molecule has 2 heterocycles. The lowest BCUT2D eigenvalue weighted by atomic mass is 10.2. The fourth-order valence-corrected chi connectivity index (χ4v) is 3.63. The van der Waals surface area contributed by atoms with Crippen LogP contribution in [0.4, 0.5) is 0 Å². The van der Waals surface area contributed by atoms with Crippen molar-refractivity contribution in [1.29, 1.82) is 0 Å². The lowest BCUT2D eigenvalue weighted by Gasteiger charge is -2.03. The Morgan fingerprint density at radius 3 is 2.27 bits per heavy atom. The van der Waals surface area contributed by atoms with Gasteiger partial charge in [-0.1, -0.05) is 46.3 Å². The van der Waals surface area contributed by atoms with Crippen molar-refractivity contribution in [3.05, 3.63) is 77.3 Å². The van der Waals surface area contributed by atoms with E-state index in [2.05, 4.69) is 50.8 Å². The Morgan fingerprint density at radius 1 is 0.808 bits per heavy atom. The summed E-state index contributed by atoms with van der Waals surface area (Å²) in [5.74, 6) is 0.873. The number of imidazole rings is 1. The van der Waals surface area contributed by atoms with E-state index in [1.165, 1.54) is 0 Å². The average Bonchev–Trinajstić information content (AvgIpc) is 3.21. The zero-order valence-electron chi connectivity index (χ0n) is 14.1. The second kappa shape index (κ2) is 5.81. The smallest absolute Gasteiger partial charge is 0.162 e. The van der Waals surface area contributed by atoms with Crippen LogP contribution in [0.5, 0.6) is 0 Å². The van der Waals surface area contributed by atoms with Crippen LogP contribution in [0, 0.1) is 0 Å². The molecule has 0 bridgehead atoms. The molecule has 0 radical (unpaired) electrons. The van der Waals surface area contributed by atoms with Crippen molar-refractivity contribution in [3.8, 4) is 17.2 Å². The molecule has 0 aliphatic carbocycles. The van der Waals surface area contributed by atoms with Crippen molar-refractivity contribution in [1.82, 2.24) is 19.3 Å². The zero-order chi connectivity index (χ0) is 17.7. The van der Waals surface area contributed by atoms with Gasteiger partial charge in [0.1, 0.15) is 5.69 Å². The van der Waals surface area contributed by atoms with Crippen molar-refractivity contribution >= 4 is 37.9 Å². The molecule has 0 atom stereocenters. The Kier molecular flexibility index (Phi) is 3.43. The van der Waals surface area contributed by atoms with E-state index >= 15 is 0 Å². The summed E-state index contributed by atoms with van der Waals surface area (Å²) in [6, 6.07) is 24.6. The van der Waals surface area contributed by atoms with Gasteiger partial charge in [0, 0.05) is 16.9 Å². The van der Waals surface area contributed by atoms with Crippen LogP contribution in [0.2, 0.25) is 0 Å². The fourth-order valence-electron chi connectivity index (χ4n) is 3.37. The number of nitrogens with zero attached hydrogens (tertiary/aromatic N) is 4. The Labute approximate surface area is 158 Å². The van der Waals surface area contributed by atoms with E-state index in [1.807, 2.05) is 54.2 Å². The summed E-state index contributed by atoms with van der Waals surface area (Å²) >= 11 is 3.50. The first kappa shape index (κ1) is 15.3. The van der Waals surface area contributed by atoms with Crippen molar-refractivity contribution < 1.29 is 0 Å². The third kappa shape index (κ3) is 2.28. The van der Waals surface area contributed by atoms with Gasteiger partial charge in [0.2, 0.25) is 0 Å². The molecule has 0 N–H and O–H groups in total. The minimum absolute atomic E-state index is 0.873. The van der Waals surface area contributed by atoms with Crippen LogP contribution in [0.25, 0.3) is 39.1 Å². The van der Waals surface area contributed by atoms with Gasteiger partial charge in [-0.2, -0.15) is 5.10 Å². The fraction of sp³-hybridized carbons (Fsp3) is 0.0476. The molecule has 26 heavy (non-hydrogen) atoms. The maximum absolute atomic E-state index is 4.93. The maximum Gasteiger partial charge on any atom is 0.162 e. The van der Waals surface area contributed by atoms with Gasteiger partial charge < -0.3 is 4.57 Å². The van der Waals surface area contributed by atoms with Crippen molar-refractivity contribution in [2.24, 2.45) is 7.05 Å². The Bertz CT molecular complexity index is 1250. The minimum atomic E-state index is 0.873. The molecule has 3 aromatic carbocycles. The van der Waals surface area contributed by atoms with Gasteiger partial charge in [-0.25, -0.2) is 9.67 Å². The lowest BCUT2D eigenvalue weighted by Crippen LogP contribution is -1.98. The van der Waals surface area contributed by atoms with Gasteiger partial charge in [-0.05, 0) is 42.5 Å². The monoisotopic (exact) mass is 402 g/mol. The Hall–Kier alpha value is -2.92. The molecule has 0 aliphatic rings. The third-order valence-electron chi connectivity index (χ3n) is 4.66. The molecule has 4 nitrogen and oxygen atoms in total. The predicted octanol–water partition coefficient (Wildman–Crippen LogP) is 5.34. The van der Waals surface area contributed by atoms with Crippen LogP contribution in [0.1, 0.15) is 0 Å². The Balaban J connectivity index is 1.81. The molecule has 0 saturated heterocycles. The van der Waals surface area contributed by atoms with Crippen molar-refractivity contribution in [2.75, 3.05) is 0 Å². The molecule has 0 amide bonds. The van der Waals surface area contributed by atoms with Gasteiger partial charge in [0.25, 0.3) is 0 Å². The van der Waals surface area contributed by atoms with Crippen LogP contribution < -0.4 is 0 Å².